The molecule has 17 heavy (non-hydrogen) atoms. The first-order valence-electron chi connectivity index (χ1n) is 4.62. The van der Waals surface area contributed by atoms with E-state index >= 15 is 0 Å². The first-order valence-corrected chi connectivity index (χ1v) is 5.15. The zero-order chi connectivity index (χ0) is 13.0. The van der Waals surface area contributed by atoms with Gasteiger partial charge in [0.15, 0.2) is 0 Å². The summed E-state index contributed by atoms with van der Waals surface area (Å²) in [6.07, 6.45) is -3.28. The molecular formula is C10H10ClF2NO3. The highest BCUT2D eigenvalue weighted by Gasteiger charge is 2.20. The Morgan fingerprint density at radius 1 is 1.65 bits per heavy atom. The number of pyridine rings is 1. The number of ether oxygens (including phenoxy) is 1. The molecule has 1 heterocycles. The molecule has 0 aliphatic carbocycles. The summed E-state index contributed by atoms with van der Waals surface area (Å²) in [5.74, 6) is -1.27. The highest BCUT2D eigenvalue weighted by Crippen LogP contribution is 2.29. The minimum Gasteiger partial charge on any atom is -0.495 e. The monoisotopic (exact) mass is 265 g/mol. The number of alkyl halides is 3. The smallest absolute Gasteiger partial charge is 0.309 e. The molecule has 0 radical (unpaired) electrons. The van der Waals surface area contributed by atoms with Crippen LogP contribution in [-0.4, -0.2) is 23.2 Å². The van der Waals surface area contributed by atoms with Gasteiger partial charge in [0.1, 0.15) is 11.4 Å². The van der Waals surface area contributed by atoms with Gasteiger partial charge in [-0.1, -0.05) is 0 Å². The lowest BCUT2D eigenvalue weighted by atomic mass is 10.1. The van der Waals surface area contributed by atoms with Crippen molar-refractivity contribution in [3.05, 3.63) is 23.0 Å². The van der Waals surface area contributed by atoms with Gasteiger partial charge in [-0.25, -0.2) is 13.8 Å². The summed E-state index contributed by atoms with van der Waals surface area (Å²) in [5.41, 5.74) is -0.170. The van der Waals surface area contributed by atoms with Gasteiger partial charge in [-0.15, -0.1) is 11.6 Å². The molecule has 1 aromatic rings. The average molecular weight is 266 g/mol. The van der Waals surface area contributed by atoms with Crippen LogP contribution in [0.5, 0.6) is 5.75 Å². The number of carboxylic acids is 1. The van der Waals surface area contributed by atoms with E-state index in [4.69, 9.17) is 21.4 Å². The summed E-state index contributed by atoms with van der Waals surface area (Å²) in [6, 6.07) is 1.29. The molecule has 1 aromatic heterocycles. The van der Waals surface area contributed by atoms with Crippen molar-refractivity contribution in [3.63, 3.8) is 0 Å². The van der Waals surface area contributed by atoms with Crippen molar-refractivity contribution in [1.82, 2.24) is 4.98 Å². The van der Waals surface area contributed by atoms with E-state index in [0.717, 1.165) is 0 Å². The van der Waals surface area contributed by atoms with E-state index in [2.05, 4.69) is 4.98 Å². The van der Waals surface area contributed by atoms with Gasteiger partial charge in [0.25, 0.3) is 6.43 Å². The van der Waals surface area contributed by atoms with Gasteiger partial charge in [0, 0.05) is 5.88 Å². The molecule has 0 fully saturated rings. The Labute approximate surface area is 101 Å². The molecule has 1 rings (SSSR count). The second kappa shape index (κ2) is 5.77. The number of nitrogens with zero attached hydrogens (tertiary/aromatic N) is 1. The number of methoxy groups -OCH3 is 1. The average Bonchev–Trinajstić information content (AvgIpc) is 2.27. The van der Waals surface area contributed by atoms with Crippen LogP contribution in [0, 0.1) is 0 Å². The number of aromatic nitrogens is 1. The first-order chi connectivity index (χ1) is 7.99. The summed E-state index contributed by atoms with van der Waals surface area (Å²) in [6.45, 7) is 0. The molecule has 0 amide bonds. The van der Waals surface area contributed by atoms with Gasteiger partial charge < -0.3 is 9.84 Å². The number of halogens is 3. The van der Waals surface area contributed by atoms with Crippen LogP contribution in [0.3, 0.4) is 0 Å². The Hall–Kier alpha value is -1.43. The third-order valence-corrected chi connectivity index (χ3v) is 2.36. The lowest BCUT2D eigenvalue weighted by molar-refractivity contribution is -0.136. The van der Waals surface area contributed by atoms with Crippen LogP contribution in [-0.2, 0) is 17.1 Å². The first kappa shape index (κ1) is 13.6. The van der Waals surface area contributed by atoms with Crippen molar-refractivity contribution in [2.45, 2.75) is 18.7 Å². The van der Waals surface area contributed by atoms with E-state index < -0.39 is 24.5 Å². The predicted octanol–water partition coefficient (Wildman–Crippen LogP) is 2.39. The molecular weight excluding hydrogens is 256 g/mol. The second-order valence-corrected chi connectivity index (χ2v) is 3.45. The molecule has 0 spiro atoms. The SMILES string of the molecule is COc1cc(CCl)c(CC(=O)O)nc1C(F)F. The van der Waals surface area contributed by atoms with Crippen LogP contribution in [0.4, 0.5) is 8.78 Å². The lowest BCUT2D eigenvalue weighted by Gasteiger charge is -2.11. The highest BCUT2D eigenvalue weighted by atomic mass is 35.5. The maximum Gasteiger partial charge on any atom is 0.309 e. The van der Waals surface area contributed by atoms with Crippen LogP contribution >= 0.6 is 11.6 Å². The van der Waals surface area contributed by atoms with Crippen molar-refractivity contribution in [3.8, 4) is 5.75 Å². The summed E-state index contributed by atoms with van der Waals surface area (Å²) >= 11 is 5.60. The Morgan fingerprint density at radius 3 is 2.71 bits per heavy atom. The number of hydrogen-bond donors (Lipinski definition) is 1. The number of aliphatic carboxylic acids is 1. The molecule has 0 saturated carbocycles. The van der Waals surface area contributed by atoms with Crippen molar-refractivity contribution in [2.24, 2.45) is 0 Å². The van der Waals surface area contributed by atoms with E-state index in [-0.39, 0.29) is 17.3 Å². The van der Waals surface area contributed by atoms with Gasteiger partial charge in [-0.05, 0) is 11.6 Å². The Balaban J connectivity index is 3.28. The molecule has 4 nitrogen and oxygen atoms in total. The minimum absolute atomic E-state index is 0.0184. The molecule has 1 N–H and O–H groups in total. The van der Waals surface area contributed by atoms with Crippen molar-refractivity contribution >= 4 is 17.6 Å². The van der Waals surface area contributed by atoms with Crippen LogP contribution in [0.1, 0.15) is 23.4 Å². The maximum absolute atomic E-state index is 12.6. The maximum atomic E-state index is 12.6. The van der Waals surface area contributed by atoms with Gasteiger partial charge in [0.05, 0.1) is 19.2 Å². The molecule has 0 unspecified atom stereocenters. The van der Waals surface area contributed by atoms with Gasteiger partial charge in [-0.2, -0.15) is 0 Å². The van der Waals surface area contributed by atoms with Crippen LogP contribution in [0.2, 0.25) is 0 Å². The minimum atomic E-state index is -2.83. The molecule has 0 atom stereocenters. The number of rotatable bonds is 5. The highest BCUT2D eigenvalue weighted by molar-refractivity contribution is 6.17. The normalized spacial score (nSPS) is 10.6. The third kappa shape index (κ3) is 3.26. The Morgan fingerprint density at radius 2 is 2.29 bits per heavy atom. The van der Waals surface area contributed by atoms with Crippen LogP contribution in [0.15, 0.2) is 6.07 Å². The molecule has 94 valence electrons. The molecule has 7 heteroatoms. The lowest BCUT2D eigenvalue weighted by Crippen LogP contribution is -2.09. The van der Waals surface area contributed by atoms with E-state index in [0.29, 0.717) is 5.56 Å². The zero-order valence-electron chi connectivity index (χ0n) is 8.91. The van der Waals surface area contributed by atoms with E-state index in [1.54, 1.807) is 0 Å². The fourth-order valence-electron chi connectivity index (χ4n) is 1.32. The topological polar surface area (TPSA) is 59.4 Å². The fraction of sp³-hybridized carbons (Fsp3) is 0.400. The van der Waals surface area contributed by atoms with Crippen molar-refractivity contribution < 1.29 is 23.4 Å². The van der Waals surface area contributed by atoms with Gasteiger partial charge in [0.2, 0.25) is 0 Å². The predicted molar refractivity (Wildman–Crippen MR) is 56.6 cm³/mol. The molecule has 0 aliphatic rings. The summed E-state index contributed by atoms with van der Waals surface area (Å²) in [7, 11) is 1.23. The molecule has 0 bridgehead atoms. The van der Waals surface area contributed by atoms with E-state index in [1.165, 1.54) is 13.2 Å². The van der Waals surface area contributed by atoms with Crippen molar-refractivity contribution in [1.29, 1.82) is 0 Å². The summed E-state index contributed by atoms with van der Waals surface area (Å²) in [5, 5.41) is 8.64. The largest absolute Gasteiger partial charge is 0.495 e. The van der Waals surface area contributed by atoms with Gasteiger partial charge >= 0.3 is 5.97 Å². The Kier molecular flexibility index (Phi) is 4.62. The van der Waals surface area contributed by atoms with Crippen LogP contribution in [0.25, 0.3) is 0 Å². The third-order valence-electron chi connectivity index (χ3n) is 2.07. The molecule has 0 aliphatic heterocycles. The quantitative estimate of drug-likeness (QED) is 0.831. The molecule has 0 saturated heterocycles. The Bertz CT molecular complexity index is 426. The number of carboxylic acid groups (broad SMARTS) is 1. The molecule has 0 aromatic carbocycles. The number of carbonyl (C=O) groups is 1. The summed E-state index contributed by atoms with van der Waals surface area (Å²) in [4.78, 5) is 14.2. The van der Waals surface area contributed by atoms with Gasteiger partial charge in [-0.3, -0.25) is 4.79 Å². The fourth-order valence-corrected chi connectivity index (χ4v) is 1.55. The number of hydrogen-bond acceptors (Lipinski definition) is 3. The summed E-state index contributed by atoms with van der Waals surface area (Å²) < 4.78 is 30.0. The van der Waals surface area contributed by atoms with Crippen molar-refractivity contribution in [2.75, 3.05) is 7.11 Å². The second-order valence-electron chi connectivity index (χ2n) is 3.19. The standard InChI is InChI=1S/C10H10ClF2NO3/c1-17-7-2-5(4-11)6(3-8(15)16)14-9(7)10(12)13/h2,10H,3-4H2,1H3,(H,15,16). The van der Waals surface area contributed by atoms with Crippen LogP contribution < -0.4 is 4.74 Å². The van der Waals surface area contributed by atoms with E-state index in [9.17, 15) is 13.6 Å². The van der Waals surface area contributed by atoms with E-state index in [1.807, 2.05) is 0 Å². The zero-order valence-corrected chi connectivity index (χ0v) is 9.67.